The molecule has 1 heterocycles. The first-order valence-electron chi connectivity index (χ1n) is 8.56. The Morgan fingerprint density at radius 2 is 1.80 bits per heavy atom. The highest BCUT2D eigenvalue weighted by Gasteiger charge is 2.27. The van der Waals surface area contributed by atoms with Crippen molar-refractivity contribution >= 4 is 17.7 Å². The molecule has 0 spiro atoms. The molecule has 0 amide bonds. The van der Waals surface area contributed by atoms with Gasteiger partial charge in [0.15, 0.2) is 0 Å². The normalized spacial score (nSPS) is 14.8. The maximum Gasteiger partial charge on any atom is 0.338 e. The lowest BCUT2D eigenvalue weighted by atomic mass is 9.81. The summed E-state index contributed by atoms with van der Waals surface area (Å²) in [5, 5.41) is 0. The van der Waals surface area contributed by atoms with Crippen LogP contribution in [0.4, 0.5) is 0 Å². The fraction of sp³-hybridized carbons (Fsp3) is 0.318. The van der Waals surface area contributed by atoms with E-state index in [9.17, 15) is 4.79 Å². The molecule has 0 aromatic heterocycles. The monoisotopic (exact) mass is 350 g/mol. The van der Waals surface area contributed by atoms with E-state index >= 15 is 0 Å². The number of hydrogen-bond acceptors (Lipinski definition) is 3. The zero-order valence-corrected chi connectivity index (χ0v) is 15.7. The Balaban J connectivity index is 1.81. The van der Waals surface area contributed by atoms with Crippen molar-refractivity contribution in [1.82, 2.24) is 0 Å². The van der Waals surface area contributed by atoms with Crippen LogP contribution in [0, 0.1) is 11.8 Å². The Hall–Kier alpha value is -2.18. The largest absolute Gasteiger partial charge is 0.462 e. The number of hydrogen-bond donors (Lipinski definition) is 0. The van der Waals surface area contributed by atoms with Crippen molar-refractivity contribution < 1.29 is 9.53 Å². The van der Waals surface area contributed by atoms with Crippen LogP contribution in [0.1, 0.15) is 54.2 Å². The predicted molar refractivity (Wildman–Crippen MR) is 103 cm³/mol. The van der Waals surface area contributed by atoms with Crippen LogP contribution in [-0.2, 0) is 10.2 Å². The number of thioether (sulfide) groups is 1. The average Bonchev–Trinajstić information content (AvgIpc) is 2.61. The maximum atomic E-state index is 11.7. The van der Waals surface area contributed by atoms with E-state index in [0.29, 0.717) is 12.2 Å². The summed E-state index contributed by atoms with van der Waals surface area (Å²) in [5.74, 6) is 7.32. The van der Waals surface area contributed by atoms with E-state index in [1.807, 2.05) is 23.9 Å². The summed E-state index contributed by atoms with van der Waals surface area (Å²) < 4.78 is 4.99. The predicted octanol–water partition coefficient (Wildman–Crippen LogP) is 5.04. The maximum absolute atomic E-state index is 11.7. The molecule has 1 aliphatic rings. The minimum atomic E-state index is -0.295. The van der Waals surface area contributed by atoms with Crippen molar-refractivity contribution in [2.75, 3.05) is 12.4 Å². The molecule has 0 unspecified atom stereocenters. The van der Waals surface area contributed by atoms with Crippen molar-refractivity contribution in [3.63, 3.8) is 0 Å². The van der Waals surface area contributed by atoms with Crippen molar-refractivity contribution in [3.8, 4) is 11.8 Å². The lowest BCUT2D eigenvalue weighted by molar-refractivity contribution is 0.0526. The second-order valence-electron chi connectivity index (χ2n) is 6.74. The molecule has 0 saturated heterocycles. The Bertz CT molecular complexity index is 839. The zero-order valence-electron chi connectivity index (χ0n) is 14.9. The Morgan fingerprint density at radius 3 is 2.52 bits per heavy atom. The molecule has 25 heavy (non-hydrogen) atoms. The summed E-state index contributed by atoms with van der Waals surface area (Å²) in [6, 6.07) is 13.7. The van der Waals surface area contributed by atoms with Gasteiger partial charge in [0.25, 0.3) is 0 Å². The van der Waals surface area contributed by atoms with E-state index in [4.69, 9.17) is 4.74 Å². The molecule has 3 heteroatoms. The van der Waals surface area contributed by atoms with E-state index in [1.165, 1.54) is 22.6 Å². The van der Waals surface area contributed by atoms with Gasteiger partial charge in [-0.05, 0) is 72.5 Å². The second kappa shape index (κ2) is 7.37. The standard InChI is InChI=1S/C22H22O2S/c1-4-24-21(23)18-10-7-16(8-11-18)5-6-17-9-12-20-19(15-17)22(2,3)13-14-25-20/h7-12,15H,4,13-14H2,1-3H3. The quantitative estimate of drug-likeness (QED) is 0.561. The van der Waals surface area contributed by atoms with Crippen LogP contribution >= 0.6 is 11.8 Å². The van der Waals surface area contributed by atoms with Gasteiger partial charge in [-0.2, -0.15) is 0 Å². The highest BCUT2D eigenvalue weighted by Crippen LogP contribution is 2.41. The lowest BCUT2D eigenvalue weighted by Gasteiger charge is -2.32. The number of fused-ring (bicyclic) bond motifs is 1. The number of carbonyl (C=O) groups is 1. The average molecular weight is 350 g/mol. The molecule has 2 aromatic rings. The number of carbonyl (C=O) groups excluding carboxylic acids is 1. The Labute approximate surface area is 154 Å². The molecular formula is C22H22O2S. The smallest absolute Gasteiger partial charge is 0.338 e. The molecule has 128 valence electrons. The van der Waals surface area contributed by atoms with Crippen molar-refractivity contribution in [2.45, 2.75) is 37.5 Å². The Morgan fingerprint density at radius 1 is 1.12 bits per heavy atom. The molecule has 2 aromatic carbocycles. The van der Waals surface area contributed by atoms with Gasteiger partial charge in [0.05, 0.1) is 12.2 Å². The molecule has 0 radical (unpaired) electrons. The number of esters is 1. The topological polar surface area (TPSA) is 26.3 Å². The van der Waals surface area contributed by atoms with E-state index < -0.39 is 0 Å². The van der Waals surface area contributed by atoms with Crippen molar-refractivity contribution in [1.29, 1.82) is 0 Å². The van der Waals surface area contributed by atoms with Gasteiger partial charge in [0, 0.05) is 16.0 Å². The summed E-state index contributed by atoms with van der Waals surface area (Å²) in [7, 11) is 0. The molecular weight excluding hydrogens is 328 g/mol. The van der Waals surface area contributed by atoms with E-state index in [0.717, 1.165) is 11.1 Å². The Kier molecular flexibility index (Phi) is 5.20. The summed E-state index contributed by atoms with van der Waals surface area (Å²) in [4.78, 5) is 13.0. The summed E-state index contributed by atoms with van der Waals surface area (Å²) in [6.45, 7) is 6.79. The third-order valence-corrected chi connectivity index (χ3v) is 5.52. The van der Waals surface area contributed by atoms with Crippen molar-refractivity contribution in [3.05, 3.63) is 64.7 Å². The third-order valence-electron chi connectivity index (χ3n) is 4.44. The lowest BCUT2D eigenvalue weighted by Crippen LogP contribution is -2.22. The summed E-state index contributed by atoms with van der Waals surface area (Å²) in [5.41, 5.74) is 4.08. The van der Waals surface area contributed by atoms with E-state index in [-0.39, 0.29) is 11.4 Å². The molecule has 0 N–H and O–H groups in total. The second-order valence-corrected chi connectivity index (χ2v) is 7.88. The molecule has 0 aliphatic carbocycles. The third kappa shape index (κ3) is 4.08. The minimum Gasteiger partial charge on any atom is -0.462 e. The number of benzene rings is 2. The molecule has 0 bridgehead atoms. The first-order chi connectivity index (χ1) is 12.0. The fourth-order valence-corrected chi connectivity index (χ4v) is 4.35. The van der Waals surface area contributed by atoms with Crippen LogP contribution in [0.2, 0.25) is 0 Å². The van der Waals surface area contributed by atoms with Gasteiger partial charge in [-0.15, -0.1) is 11.8 Å². The van der Waals surface area contributed by atoms with Gasteiger partial charge >= 0.3 is 5.97 Å². The van der Waals surface area contributed by atoms with E-state index in [1.54, 1.807) is 19.1 Å². The molecule has 2 nitrogen and oxygen atoms in total. The fourth-order valence-electron chi connectivity index (χ4n) is 2.86. The van der Waals surface area contributed by atoms with Crippen LogP contribution in [0.5, 0.6) is 0 Å². The molecule has 0 fully saturated rings. The first kappa shape index (κ1) is 17.6. The molecule has 3 rings (SSSR count). The van der Waals surface area contributed by atoms with Gasteiger partial charge < -0.3 is 4.74 Å². The SMILES string of the molecule is CCOC(=O)c1ccc(C#Cc2ccc3c(c2)C(C)(C)CCS3)cc1. The summed E-state index contributed by atoms with van der Waals surface area (Å²) in [6.07, 6.45) is 1.19. The zero-order chi connectivity index (χ0) is 17.9. The van der Waals surface area contributed by atoms with Gasteiger partial charge in [-0.1, -0.05) is 25.7 Å². The number of rotatable bonds is 2. The van der Waals surface area contributed by atoms with Gasteiger partial charge in [0.2, 0.25) is 0 Å². The first-order valence-corrected chi connectivity index (χ1v) is 9.55. The summed E-state index contributed by atoms with van der Waals surface area (Å²) >= 11 is 1.93. The molecule has 0 saturated carbocycles. The van der Waals surface area contributed by atoms with Gasteiger partial charge in [-0.3, -0.25) is 0 Å². The van der Waals surface area contributed by atoms with Crippen LogP contribution in [0.3, 0.4) is 0 Å². The van der Waals surface area contributed by atoms with Crippen LogP contribution in [-0.4, -0.2) is 18.3 Å². The van der Waals surface area contributed by atoms with Crippen LogP contribution in [0.15, 0.2) is 47.4 Å². The highest BCUT2D eigenvalue weighted by molar-refractivity contribution is 7.99. The van der Waals surface area contributed by atoms with E-state index in [2.05, 4.69) is 43.9 Å². The van der Waals surface area contributed by atoms with Crippen LogP contribution < -0.4 is 0 Å². The highest BCUT2D eigenvalue weighted by atomic mass is 32.2. The number of ether oxygens (including phenoxy) is 1. The molecule has 1 aliphatic heterocycles. The van der Waals surface area contributed by atoms with Gasteiger partial charge in [-0.25, -0.2) is 4.79 Å². The van der Waals surface area contributed by atoms with Crippen LogP contribution in [0.25, 0.3) is 0 Å². The molecule has 0 atom stereocenters. The van der Waals surface area contributed by atoms with Gasteiger partial charge in [0.1, 0.15) is 0 Å². The van der Waals surface area contributed by atoms with Crippen molar-refractivity contribution in [2.24, 2.45) is 0 Å². The minimum absolute atomic E-state index is 0.208.